The summed E-state index contributed by atoms with van der Waals surface area (Å²) in [7, 11) is -0.231. The summed E-state index contributed by atoms with van der Waals surface area (Å²) in [6.45, 7) is 15.1. The molecular weight excluding hydrogens is 479 g/mol. The molecule has 1 saturated heterocycles. The SMILES string of the molecule is C=C(c1cc(CCCCCCCC)c(B2OCC(C)(C)CO2)s1)c1sccc1CCCCCCCC. The summed E-state index contributed by atoms with van der Waals surface area (Å²) >= 11 is 3.70. The van der Waals surface area contributed by atoms with Gasteiger partial charge in [0, 0.05) is 38.7 Å². The zero-order valence-corrected chi connectivity index (χ0v) is 25.1. The number of unbranched alkanes of at least 4 members (excludes halogenated alkanes) is 10. The van der Waals surface area contributed by atoms with Gasteiger partial charge in [0.1, 0.15) is 0 Å². The normalized spacial score (nSPS) is 15.5. The molecule has 0 bridgehead atoms. The highest BCUT2D eigenvalue weighted by molar-refractivity contribution is 7.24. The monoisotopic (exact) mass is 528 g/mol. The van der Waals surface area contributed by atoms with Gasteiger partial charge in [-0.25, -0.2) is 0 Å². The van der Waals surface area contributed by atoms with Gasteiger partial charge in [-0.1, -0.05) is 98.5 Å². The van der Waals surface area contributed by atoms with E-state index in [2.05, 4.69) is 51.8 Å². The molecule has 0 aliphatic carbocycles. The predicted octanol–water partition coefficient (Wildman–Crippen LogP) is 9.45. The van der Waals surface area contributed by atoms with E-state index in [0.29, 0.717) is 0 Å². The third kappa shape index (κ3) is 9.15. The van der Waals surface area contributed by atoms with Crippen LogP contribution < -0.4 is 4.78 Å². The molecule has 0 amide bonds. The highest BCUT2D eigenvalue weighted by Gasteiger charge is 2.36. The Kier molecular flexibility index (Phi) is 12.8. The summed E-state index contributed by atoms with van der Waals surface area (Å²) in [6.07, 6.45) is 18.2. The standard InChI is InChI=1S/C31H49BO2S2/c1-6-8-10-12-14-16-18-26-20-21-35-29(26)25(3)28-22-27(19-17-15-13-11-9-7-2)30(36-28)32-33-23-31(4,5)24-34-32/h20-22H,3,6-19,23-24H2,1-2,4-5H3. The Hall–Kier alpha value is -0.875. The second-order valence-electron chi connectivity index (χ2n) is 11.4. The van der Waals surface area contributed by atoms with Gasteiger partial charge in [0.2, 0.25) is 0 Å². The summed E-state index contributed by atoms with van der Waals surface area (Å²) in [6, 6.07) is 4.72. The molecule has 1 fully saturated rings. The summed E-state index contributed by atoms with van der Waals surface area (Å²) in [5.74, 6) is 0. The van der Waals surface area contributed by atoms with Crippen molar-refractivity contribution in [3.63, 3.8) is 0 Å². The Morgan fingerprint density at radius 3 is 2.03 bits per heavy atom. The fourth-order valence-corrected chi connectivity index (χ4v) is 7.13. The van der Waals surface area contributed by atoms with E-state index in [1.807, 2.05) is 22.7 Å². The lowest BCUT2D eigenvalue weighted by Crippen LogP contribution is -2.47. The van der Waals surface area contributed by atoms with E-state index in [0.717, 1.165) is 26.1 Å². The van der Waals surface area contributed by atoms with Crippen LogP contribution in [0.2, 0.25) is 0 Å². The van der Waals surface area contributed by atoms with Gasteiger partial charge in [0.15, 0.2) is 0 Å². The molecule has 200 valence electrons. The molecule has 0 N–H and O–H groups in total. The highest BCUT2D eigenvalue weighted by atomic mass is 32.1. The maximum atomic E-state index is 6.24. The first-order valence-electron chi connectivity index (χ1n) is 14.6. The van der Waals surface area contributed by atoms with E-state index in [4.69, 9.17) is 9.31 Å². The smallest absolute Gasteiger partial charge is 0.406 e. The second-order valence-corrected chi connectivity index (χ2v) is 13.4. The fraction of sp³-hybridized carbons (Fsp3) is 0.677. The van der Waals surface area contributed by atoms with E-state index >= 15 is 0 Å². The van der Waals surface area contributed by atoms with Crippen LogP contribution in [0.4, 0.5) is 0 Å². The van der Waals surface area contributed by atoms with Gasteiger partial charge in [0.05, 0.1) is 0 Å². The van der Waals surface area contributed by atoms with Crippen LogP contribution in [0.15, 0.2) is 24.1 Å². The quantitative estimate of drug-likeness (QED) is 0.150. The molecule has 2 aromatic heterocycles. The molecule has 36 heavy (non-hydrogen) atoms. The van der Waals surface area contributed by atoms with E-state index in [1.165, 1.54) is 108 Å². The Morgan fingerprint density at radius 1 is 0.861 bits per heavy atom. The van der Waals surface area contributed by atoms with Crippen LogP contribution in [-0.4, -0.2) is 20.3 Å². The number of rotatable bonds is 17. The minimum Gasteiger partial charge on any atom is -0.406 e. The molecule has 0 unspecified atom stereocenters. The number of thiophene rings is 2. The van der Waals surface area contributed by atoms with Crippen molar-refractivity contribution in [2.24, 2.45) is 5.41 Å². The van der Waals surface area contributed by atoms with Gasteiger partial charge in [-0.15, -0.1) is 22.7 Å². The Labute approximate surface area is 230 Å². The third-order valence-corrected chi connectivity index (χ3v) is 9.50. The third-order valence-electron chi connectivity index (χ3n) is 7.22. The summed E-state index contributed by atoms with van der Waals surface area (Å²) in [5, 5.41) is 2.24. The zero-order valence-electron chi connectivity index (χ0n) is 23.5. The molecule has 0 radical (unpaired) electrons. The van der Waals surface area contributed by atoms with Gasteiger partial charge in [-0.3, -0.25) is 0 Å². The van der Waals surface area contributed by atoms with Gasteiger partial charge in [-0.05, 0) is 54.3 Å². The van der Waals surface area contributed by atoms with Crippen LogP contribution in [0.5, 0.6) is 0 Å². The average molecular weight is 529 g/mol. The Morgan fingerprint density at radius 2 is 1.42 bits per heavy atom. The van der Waals surface area contributed by atoms with Crippen molar-refractivity contribution in [2.45, 2.75) is 118 Å². The van der Waals surface area contributed by atoms with Crippen molar-refractivity contribution in [1.29, 1.82) is 0 Å². The molecule has 0 atom stereocenters. The van der Waals surface area contributed by atoms with Gasteiger partial charge < -0.3 is 9.31 Å². The Balaban J connectivity index is 1.67. The summed E-state index contributed by atoms with van der Waals surface area (Å²) < 4.78 is 13.8. The van der Waals surface area contributed by atoms with Crippen LogP contribution in [0.3, 0.4) is 0 Å². The molecular formula is C31H49BO2S2. The molecule has 1 aliphatic heterocycles. The minimum atomic E-state index is -0.231. The summed E-state index contributed by atoms with van der Waals surface area (Å²) in [4.78, 5) is 2.66. The largest absolute Gasteiger partial charge is 0.504 e. The summed E-state index contributed by atoms with van der Waals surface area (Å²) in [5.41, 5.74) is 4.15. The van der Waals surface area contributed by atoms with E-state index in [9.17, 15) is 0 Å². The number of hydrogen-bond donors (Lipinski definition) is 0. The lowest BCUT2D eigenvalue weighted by atomic mass is 9.79. The van der Waals surface area contributed by atoms with E-state index < -0.39 is 0 Å². The van der Waals surface area contributed by atoms with Gasteiger partial charge in [0.25, 0.3) is 0 Å². The van der Waals surface area contributed by atoms with Crippen LogP contribution in [0.1, 0.15) is 126 Å². The number of aryl methyl sites for hydroxylation is 2. The Bertz CT molecular complexity index is 904. The molecule has 2 aromatic rings. The molecule has 2 nitrogen and oxygen atoms in total. The second kappa shape index (κ2) is 15.5. The maximum absolute atomic E-state index is 6.24. The molecule has 3 rings (SSSR count). The van der Waals surface area contributed by atoms with Crippen molar-refractivity contribution in [3.05, 3.63) is 45.0 Å². The number of hydrogen-bond acceptors (Lipinski definition) is 4. The van der Waals surface area contributed by atoms with E-state index in [1.54, 1.807) is 0 Å². The molecule has 3 heterocycles. The molecule has 0 aromatic carbocycles. The topological polar surface area (TPSA) is 18.5 Å². The molecule has 5 heteroatoms. The van der Waals surface area contributed by atoms with Gasteiger partial charge in [-0.2, -0.15) is 0 Å². The first kappa shape index (κ1) is 29.7. The molecule has 1 aliphatic rings. The predicted molar refractivity (Wildman–Crippen MR) is 162 cm³/mol. The minimum absolute atomic E-state index is 0.0854. The van der Waals surface area contributed by atoms with Crippen molar-refractivity contribution in [3.8, 4) is 0 Å². The van der Waals surface area contributed by atoms with Gasteiger partial charge >= 0.3 is 7.12 Å². The average Bonchev–Trinajstić information content (AvgIpc) is 3.50. The van der Waals surface area contributed by atoms with Crippen molar-refractivity contribution >= 4 is 40.1 Å². The lowest BCUT2D eigenvalue weighted by molar-refractivity contribution is 0.0345. The highest BCUT2D eigenvalue weighted by Crippen LogP contribution is 2.34. The fourth-order valence-electron chi connectivity index (χ4n) is 4.93. The zero-order chi connectivity index (χ0) is 25.8. The molecule has 0 spiro atoms. The first-order valence-corrected chi connectivity index (χ1v) is 16.3. The van der Waals surface area contributed by atoms with Crippen molar-refractivity contribution in [2.75, 3.05) is 13.2 Å². The van der Waals surface area contributed by atoms with Crippen molar-refractivity contribution in [1.82, 2.24) is 0 Å². The first-order chi connectivity index (χ1) is 17.4. The van der Waals surface area contributed by atoms with Crippen LogP contribution >= 0.6 is 22.7 Å². The van der Waals surface area contributed by atoms with Crippen LogP contribution in [0, 0.1) is 5.41 Å². The van der Waals surface area contributed by atoms with Crippen molar-refractivity contribution < 1.29 is 9.31 Å². The molecule has 0 saturated carbocycles. The van der Waals surface area contributed by atoms with Crippen LogP contribution in [0.25, 0.3) is 5.57 Å². The maximum Gasteiger partial charge on any atom is 0.504 e. The van der Waals surface area contributed by atoms with E-state index in [-0.39, 0.29) is 12.5 Å². The van der Waals surface area contributed by atoms with Crippen LogP contribution in [-0.2, 0) is 22.2 Å². The lowest BCUT2D eigenvalue weighted by Gasteiger charge is -2.33.